The van der Waals surface area contributed by atoms with Crippen LogP contribution in [0.1, 0.15) is 5.56 Å². The molecule has 0 N–H and O–H groups in total. The van der Waals surface area contributed by atoms with Crippen molar-refractivity contribution in [3.05, 3.63) is 55.2 Å². The average Bonchev–Trinajstić information content (AvgIpc) is 2.52. The van der Waals surface area contributed by atoms with Crippen molar-refractivity contribution in [1.82, 2.24) is 3.96 Å². The van der Waals surface area contributed by atoms with Crippen LogP contribution in [0.15, 0.2) is 40.5 Å². The Balaban J connectivity index is 2.27. The Morgan fingerprint density at radius 1 is 1.36 bits per heavy atom. The summed E-state index contributed by atoms with van der Waals surface area (Å²) in [6.45, 7) is 0.674. The van der Waals surface area contributed by atoms with E-state index in [2.05, 4.69) is 28.7 Å². The molecule has 2 nitrogen and oxygen atoms in total. The van der Waals surface area contributed by atoms with Crippen LogP contribution in [-0.4, -0.2) is 3.96 Å². The van der Waals surface area contributed by atoms with Crippen molar-refractivity contribution in [3.63, 3.8) is 0 Å². The first-order chi connectivity index (χ1) is 6.75. The Labute approximate surface area is 99.5 Å². The van der Waals surface area contributed by atoms with E-state index in [1.807, 2.05) is 23.6 Å². The van der Waals surface area contributed by atoms with E-state index in [0.29, 0.717) is 6.54 Å². The standard InChI is InChI=1S/C10H8INOS/c11-9-3-1-2-8(6-9)7-12-10(13)4-5-14-12/h1-6H,7H2. The predicted octanol–water partition coefficient (Wildman–Crippen LogP) is 2.56. The summed E-state index contributed by atoms with van der Waals surface area (Å²) < 4.78 is 2.94. The lowest BCUT2D eigenvalue weighted by Gasteiger charge is -2.01. The number of hydrogen-bond acceptors (Lipinski definition) is 2. The number of benzene rings is 1. The van der Waals surface area contributed by atoms with Gasteiger partial charge in [-0.15, -0.1) is 0 Å². The summed E-state index contributed by atoms with van der Waals surface area (Å²) in [4.78, 5) is 11.3. The molecule has 0 radical (unpaired) electrons. The monoisotopic (exact) mass is 317 g/mol. The molecular formula is C10H8INOS. The largest absolute Gasteiger partial charge is 0.268 e. The van der Waals surface area contributed by atoms with Gasteiger partial charge in [0, 0.05) is 15.0 Å². The SMILES string of the molecule is O=c1ccsn1Cc1cccc(I)c1. The first-order valence-electron chi connectivity index (χ1n) is 4.15. The van der Waals surface area contributed by atoms with Crippen LogP contribution < -0.4 is 5.56 Å². The van der Waals surface area contributed by atoms with Gasteiger partial charge in [-0.1, -0.05) is 23.7 Å². The summed E-state index contributed by atoms with van der Waals surface area (Å²) >= 11 is 3.72. The second kappa shape index (κ2) is 4.27. The quantitative estimate of drug-likeness (QED) is 0.780. The average molecular weight is 317 g/mol. The molecule has 1 heterocycles. The van der Waals surface area contributed by atoms with Crippen LogP contribution >= 0.6 is 34.1 Å². The van der Waals surface area contributed by atoms with Gasteiger partial charge in [-0.05, 0) is 40.3 Å². The van der Waals surface area contributed by atoms with Crippen LogP contribution in [0.2, 0.25) is 0 Å². The lowest BCUT2D eigenvalue weighted by Crippen LogP contribution is -2.12. The number of hydrogen-bond donors (Lipinski definition) is 0. The second-order valence-electron chi connectivity index (χ2n) is 2.91. The highest BCUT2D eigenvalue weighted by molar-refractivity contribution is 14.1. The molecule has 0 saturated heterocycles. The minimum absolute atomic E-state index is 0.0776. The van der Waals surface area contributed by atoms with E-state index in [1.54, 1.807) is 10.0 Å². The summed E-state index contributed by atoms with van der Waals surface area (Å²) in [6, 6.07) is 9.77. The van der Waals surface area contributed by atoms with Gasteiger partial charge in [0.2, 0.25) is 0 Å². The number of rotatable bonds is 2. The molecule has 0 atom stereocenters. The van der Waals surface area contributed by atoms with Gasteiger partial charge in [-0.3, -0.25) is 8.75 Å². The summed E-state index contributed by atoms with van der Waals surface area (Å²) in [5.74, 6) is 0. The molecule has 72 valence electrons. The molecule has 1 aromatic heterocycles. The Kier molecular flexibility index (Phi) is 3.02. The molecule has 2 rings (SSSR count). The van der Waals surface area contributed by atoms with Crippen LogP contribution in [0.3, 0.4) is 0 Å². The van der Waals surface area contributed by atoms with Crippen LogP contribution in [0.5, 0.6) is 0 Å². The van der Waals surface area contributed by atoms with Crippen LogP contribution in [0, 0.1) is 3.57 Å². The molecule has 0 saturated carbocycles. The van der Waals surface area contributed by atoms with Crippen molar-refractivity contribution in [2.45, 2.75) is 6.54 Å². The van der Waals surface area contributed by atoms with Gasteiger partial charge in [0.1, 0.15) is 0 Å². The zero-order chi connectivity index (χ0) is 9.97. The lowest BCUT2D eigenvalue weighted by molar-refractivity contribution is 0.849. The summed E-state index contributed by atoms with van der Waals surface area (Å²) in [5, 5.41) is 1.82. The highest BCUT2D eigenvalue weighted by Crippen LogP contribution is 2.09. The molecule has 1 aromatic carbocycles. The van der Waals surface area contributed by atoms with Crippen LogP contribution in [-0.2, 0) is 6.54 Å². The topological polar surface area (TPSA) is 22.0 Å². The second-order valence-corrected chi connectivity index (χ2v) is 5.08. The van der Waals surface area contributed by atoms with Crippen molar-refractivity contribution in [3.8, 4) is 0 Å². The first kappa shape index (κ1) is 9.92. The Morgan fingerprint density at radius 2 is 2.21 bits per heavy atom. The molecule has 0 fully saturated rings. The molecule has 2 aromatic rings. The van der Waals surface area contributed by atoms with Gasteiger partial charge in [-0.2, -0.15) is 0 Å². The molecule has 0 aliphatic heterocycles. The fourth-order valence-corrected chi connectivity index (χ4v) is 2.53. The number of nitrogens with zero attached hydrogens (tertiary/aromatic N) is 1. The highest BCUT2D eigenvalue weighted by Gasteiger charge is 1.98. The molecule has 0 unspecified atom stereocenters. The molecule has 0 bridgehead atoms. The summed E-state index contributed by atoms with van der Waals surface area (Å²) in [7, 11) is 0. The van der Waals surface area contributed by atoms with E-state index in [0.717, 1.165) is 0 Å². The van der Waals surface area contributed by atoms with E-state index < -0.39 is 0 Å². The molecule has 0 aliphatic rings. The fourth-order valence-electron chi connectivity index (χ4n) is 1.21. The zero-order valence-electron chi connectivity index (χ0n) is 7.31. The number of aromatic nitrogens is 1. The van der Waals surface area contributed by atoms with Crippen molar-refractivity contribution < 1.29 is 0 Å². The predicted molar refractivity (Wildman–Crippen MR) is 66.8 cm³/mol. The smallest absolute Gasteiger partial charge is 0.260 e. The Morgan fingerprint density at radius 3 is 2.86 bits per heavy atom. The third kappa shape index (κ3) is 2.24. The summed E-state index contributed by atoms with van der Waals surface area (Å²) in [5.41, 5.74) is 1.25. The molecule has 4 heteroatoms. The fraction of sp³-hybridized carbons (Fsp3) is 0.100. The molecule has 14 heavy (non-hydrogen) atoms. The van der Waals surface area contributed by atoms with Gasteiger partial charge in [0.15, 0.2) is 0 Å². The van der Waals surface area contributed by atoms with Gasteiger partial charge < -0.3 is 0 Å². The molecule has 0 aliphatic carbocycles. The molecule has 0 spiro atoms. The first-order valence-corrected chi connectivity index (χ1v) is 6.06. The van der Waals surface area contributed by atoms with E-state index in [-0.39, 0.29) is 5.56 Å². The van der Waals surface area contributed by atoms with E-state index in [9.17, 15) is 4.79 Å². The molecule has 0 amide bonds. The maximum atomic E-state index is 11.3. The van der Waals surface area contributed by atoms with Crippen molar-refractivity contribution in [1.29, 1.82) is 0 Å². The Bertz CT molecular complexity index is 489. The zero-order valence-corrected chi connectivity index (χ0v) is 10.3. The Hall–Kier alpha value is -0.620. The summed E-state index contributed by atoms with van der Waals surface area (Å²) in [6.07, 6.45) is 0. The van der Waals surface area contributed by atoms with Gasteiger partial charge in [0.05, 0.1) is 6.54 Å². The van der Waals surface area contributed by atoms with Gasteiger partial charge in [-0.25, -0.2) is 0 Å². The van der Waals surface area contributed by atoms with E-state index in [1.165, 1.54) is 20.7 Å². The normalized spacial score (nSPS) is 10.4. The lowest BCUT2D eigenvalue weighted by atomic mass is 10.2. The maximum Gasteiger partial charge on any atom is 0.260 e. The van der Waals surface area contributed by atoms with Crippen LogP contribution in [0.25, 0.3) is 0 Å². The molecular weight excluding hydrogens is 309 g/mol. The minimum atomic E-state index is 0.0776. The highest BCUT2D eigenvalue weighted by atomic mass is 127. The van der Waals surface area contributed by atoms with Crippen molar-refractivity contribution in [2.24, 2.45) is 0 Å². The third-order valence-electron chi connectivity index (χ3n) is 1.86. The van der Waals surface area contributed by atoms with Gasteiger partial charge >= 0.3 is 0 Å². The van der Waals surface area contributed by atoms with Crippen LogP contribution in [0.4, 0.5) is 0 Å². The van der Waals surface area contributed by atoms with Gasteiger partial charge in [0.25, 0.3) is 5.56 Å². The van der Waals surface area contributed by atoms with Crippen molar-refractivity contribution in [2.75, 3.05) is 0 Å². The van der Waals surface area contributed by atoms with Crippen molar-refractivity contribution >= 4 is 34.1 Å². The number of halogens is 1. The maximum absolute atomic E-state index is 11.3. The van der Waals surface area contributed by atoms with E-state index >= 15 is 0 Å². The third-order valence-corrected chi connectivity index (χ3v) is 3.35. The van der Waals surface area contributed by atoms with E-state index in [4.69, 9.17) is 0 Å². The minimum Gasteiger partial charge on any atom is -0.268 e.